The van der Waals surface area contributed by atoms with E-state index in [-0.39, 0.29) is 0 Å². The van der Waals surface area contributed by atoms with Crippen molar-refractivity contribution >= 4 is 59.2 Å². The van der Waals surface area contributed by atoms with Gasteiger partial charge in [-0.25, -0.2) is 0 Å². The average molecular weight is 632 g/mol. The van der Waals surface area contributed by atoms with Crippen LogP contribution in [0, 0.1) is 12.1 Å². The lowest BCUT2D eigenvalue weighted by molar-refractivity contribution is 0.599. The van der Waals surface area contributed by atoms with Gasteiger partial charge in [-0.15, -0.1) is 11.3 Å². The van der Waals surface area contributed by atoms with E-state index in [0.29, 0.717) is 6.04 Å². The molecule has 1 nitrogen and oxygen atoms in total. The van der Waals surface area contributed by atoms with Crippen LogP contribution in [0.4, 0.5) is 11.4 Å². The lowest BCUT2D eigenvalue weighted by Crippen LogP contribution is -2.32. The van der Waals surface area contributed by atoms with Crippen LogP contribution in [0.15, 0.2) is 158 Å². The molecule has 1 unspecified atom stereocenters. The molecule has 228 valence electrons. The first-order chi connectivity index (χ1) is 23.8. The van der Waals surface area contributed by atoms with Gasteiger partial charge in [0, 0.05) is 32.8 Å². The summed E-state index contributed by atoms with van der Waals surface area (Å²) in [6, 6.07) is 61.8. The van der Waals surface area contributed by atoms with Gasteiger partial charge in [-0.05, 0) is 106 Å². The standard InChI is InChI=1S/C46H33NS/c1-2-13-34(14-3-1)40-18-6-8-21-43(40)47(44-22-11-20-42-41-19-7-9-23-45(41)48-46(42)44)39-28-26-33(27-29-39)36-16-10-17-37(30-36)38-25-24-32-12-4-5-15-35(32)31-38/h2,4-26,30-31,39H,27-29H2. The predicted octanol–water partition coefficient (Wildman–Crippen LogP) is 12.9. The number of hydrogen-bond acceptors (Lipinski definition) is 2. The summed E-state index contributed by atoms with van der Waals surface area (Å²) in [6.45, 7) is 0. The number of rotatable bonds is 6. The molecule has 0 spiro atoms. The highest BCUT2D eigenvalue weighted by Gasteiger charge is 2.28. The molecule has 1 atom stereocenters. The molecule has 0 N–H and O–H groups in total. The highest BCUT2D eigenvalue weighted by Crippen LogP contribution is 2.46. The van der Waals surface area contributed by atoms with Crippen molar-refractivity contribution in [3.8, 4) is 22.3 Å². The van der Waals surface area contributed by atoms with Gasteiger partial charge in [0.05, 0.1) is 10.4 Å². The maximum Gasteiger partial charge on any atom is 0.0595 e. The van der Waals surface area contributed by atoms with Crippen LogP contribution in [0.5, 0.6) is 0 Å². The Morgan fingerprint density at radius 3 is 2.25 bits per heavy atom. The van der Waals surface area contributed by atoms with Crippen LogP contribution < -0.4 is 4.90 Å². The highest BCUT2D eigenvalue weighted by atomic mass is 32.1. The molecule has 0 saturated heterocycles. The molecule has 0 radical (unpaired) electrons. The van der Waals surface area contributed by atoms with Crippen molar-refractivity contribution in [2.24, 2.45) is 0 Å². The van der Waals surface area contributed by atoms with E-state index in [2.05, 4.69) is 169 Å². The average Bonchev–Trinajstić information content (AvgIpc) is 3.55. The third-order valence-corrected chi connectivity index (χ3v) is 11.0. The minimum absolute atomic E-state index is 0.314. The van der Waals surface area contributed by atoms with Crippen LogP contribution in [0.2, 0.25) is 0 Å². The number of nitrogens with zero attached hydrogens (tertiary/aromatic N) is 1. The Morgan fingerprint density at radius 2 is 1.35 bits per heavy atom. The fraction of sp³-hybridized carbons (Fsp3) is 0.0870. The van der Waals surface area contributed by atoms with Gasteiger partial charge in [0.25, 0.3) is 0 Å². The first-order valence-corrected chi connectivity index (χ1v) is 17.6. The molecule has 1 heterocycles. The number of thiophene rings is 1. The molecule has 1 aliphatic rings. The summed E-state index contributed by atoms with van der Waals surface area (Å²) >= 11 is 1.91. The Bertz CT molecular complexity index is 2450. The van der Waals surface area contributed by atoms with Crippen molar-refractivity contribution in [1.82, 2.24) is 0 Å². The van der Waals surface area contributed by atoms with E-state index in [1.165, 1.54) is 70.1 Å². The Kier molecular flexibility index (Phi) is 7.26. The van der Waals surface area contributed by atoms with E-state index >= 15 is 0 Å². The molecule has 48 heavy (non-hydrogen) atoms. The second kappa shape index (κ2) is 12.2. The van der Waals surface area contributed by atoms with Crippen molar-refractivity contribution in [2.75, 3.05) is 4.90 Å². The molecule has 7 aromatic carbocycles. The highest BCUT2D eigenvalue weighted by molar-refractivity contribution is 7.26. The van der Waals surface area contributed by atoms with Gasteiger partial charge < -0.3 is 4.90 Å². The predicted molar refractivity (Wildman–Crippen MR) is 206 cm³/mol. The van der Waals surface area contributed by atoms with Gasteiger partial charge in [-0.2, -0.15) is 0 Å². The first-order valence-electron chi connectivity index (χ1n) is 16.8. The molecule has 0 saturated carbocycles. The minimum atomic E-state index is 0.314. The molecule has 0 amide bonds. The first kappa shape index (κ1) is 28.6. The van der Waals surface area contributed by atoms with Gasteiger partial charge in [-0.1, -0.05) is 121 Å². The second-order valence-corrected chi connectivity index (χ2v) is 13.7. The normalized spacial score (nSPS) is 14.6. The van der Waals surface area contributed by atoms with Crippen LogP contribution in [0.3, 0.4) is 0 Å². The van der Waals surface area contributed by atoms with E-state index in [0.717, 1.165) is 24.8 Å². The Balaban J connectivity index is 1.12. The molecule has 9 rings (SSSR count). The van der Waals surface area contributed by atoms with Gasteiger partial charge in [0.1, 0.15) is 0 Å². The zero-order chi connectivity index (χ0) is 31.9. The third-order valence-electron chi connectivity index (χ3n) is 9.84. The molecular formula is C46H33NS. The smallest absolute Gasteiger partial charge is 0.0595 e. The molecule has 0 aliphatic heterocycles. The molecule has 0 bridgehead atoms. The largest absolute Gasteiger partial charge is 0.336 e. The third kappa shape index (κ3) is 5.14. The maximum atomic E-state index is 3.19. The van der Waals surface area contributed by atoms with Crippen molar-refractivity contribution in [3.05, 3.63) is 175 Å². The zero-order valence-electron chi connectivity index (χ0n) is 26.6. The molecule has 1 aromatic heterocycles. The summed E-state index contributed by atoms with van der Waals surface area (Å²) < 4.78 is 2.68. The maximum absolute atomic E-state index is 3.19. The van der Waals surface area contributed by atoms with E-state index in [4.69, 9.17) is 0 Å². The Morgan fingerprint density at radius 1 is 0.583 bits per heavy atom. The van der Waals surface area contributed by atoms with Crippen molar-refractivity contribution in [3.63, 3.8) is 0 Å². The van der Waals surface area contributed by atoms with Gasteiger partial charge >= 0.3 is 0 Å². The van der Waals surface area contributed by atoms with Crippen LogP contribution in [-0.2, 0) is 0 Å². The zero-order valence-corrected chi connectivity index (χ0v) is 27.4. The van der Waals surface area contributed by atoms with Crippen molar-refractivity contribution in [2.45, 2.75) is 25.3 Å². The molecule has 0 fully saturated rings. The lowest BCUT2D eigenvalue weighted by Gasteiger charge is -2.37. The van der Waals surface area contributed by atoms with E-state index in [9.17, 15) is 0 Å². The van der Waals surface area contributed by atoms with Gasteiger partial charge in [0.2, 0.25) is 0 Å². The van der Waals surface area contributed by atoms with Crippen molar-refractivity contribution < 1.29 is 0 Å². The van der Waals surface area contributed by atoms with E-state index in [1.54, 1.807) is 0 Å². The quantitative estimate of drug-likeness (QED) is 0.176. The summed E-state index contributed by atoms with van der Waals surface area (Å²) in [5.74, 6) is 0. The topological polar surface area (TPSA) is 3.24 Å². The second-order valence-electron chi connectivity index (χ2n) is 12.7. The monoisotopic (exact) mass is 631 g/mol. The van der Waals surface area contributed by atoms with Crippen LogP contribution in [-0.4, -0.2) is 6.04 Å². The molecule has 8 aromatic rings. The summed E-state index contributed by atoms with van der Waals surface area (Å²) in [5.41, 5.74) is 10.2. The summed E-state index contributed by atoms with van der Waals surface area (Å²) in [5, 5.41) is 5.22. The van der Waals surface area contributed by atoms with Crippen LogP contribution in [0.25, 0.3) is 58.8 Å². The lowest BCUT2D eigenvalue weighted by atomic mass is 9.87. The number of allylic oxidation sites excluding steroid dienone is 1. The fourth-order valence-corrected chi connectivity index (χ4v) is 8.69. The SMILES string of the molecule is c1ccc(-c2ccccc2N(c2cccc3c2sc2ccccc23)C2CC=C(c3cccc(-c4ccc5ccccc5c4)c3)CC2)cc#1. The van der Waals surface area contributed by atoms with E-state index in [1.807, 2.05) is 17.4 Å². The minimum Gasteiger partial charge on any atom is -0.336 e. The number of hydrogen-bond donors (Lipinski definition) is 0. The Hall–Kier alpha value is -5.62. The fourth-order valence-electron chi connectivity index (χ4n) is 7.47. The summed E-state index contributed by atoms with van der Waals surface area (Å²) in [4.78, 5) is 2.64. The Labute approximate surface area is 286 Å². The number of para-hydroxylation sites is 1. The molecular weight excluding hydrogens is 599 g/mol. The van der Waals surface area contributed by atoms with Crippen LogP contribution in [0.1, 0.15) is 24.8 Å². The molecule has 1 aliphatic carbocycles. The van der Waals surface area contributed by atoms with Gasteiger partial charge in [0.15, 0.2) is 0 Å². The van der Waals surface area contributed by atoms with Crippen molar-refractivity contribution in [1.29, 1.82) is 0 Å². The molecule has 2 heteroatoms. The number of anilines is 2. The van der Waals surface area contributed by atoms with Crippen LogP contribution >= 0.6 is 11.3 Å². The summed E-state index contributed by atoms with van der Waals surface area (Å²) in [6.07, 6.45) is 5.57. The van der Waals surface area contributed by atoms with E-state index < -0.39 is 0 Å². The number of fused-ring (bicyclic) bond motifs is 4. The summed E-state index contributed by atoms with van der Waals surface area (Å²) in [7, 11) is 0. The van der Waals surface area contributed by atoms with Gasteiger partial charge in [-0.3, -0.25) is 0 Å². The number of benzene rings is 6.